The number of rotatable bonds is 0. The third-order valence-corrected chi connectivity index (χ3v) is 2.91. The summed E-state index contributed by atoms with van der Waals surface area (Å²) in [7, 11) is 0. The van der Waals surface area contributed by atoms with Gasteiger partial charge in [-0.2, -0.15) is 18.3 Å². The lowest BCUT2D eigenvalue weighted by Crippen LogP contribution is -2.38. The van der Waals surface area contributed by atoms with Crippen LogP contribution >= 0.6 is 0 Å². The quantitative estimate of drug-likeness (QED) is 0.716. The van der Waals surface area contributed by atoms with E-state index in [1.54, 1.807) is 0 Å². The van der Waals surface area contributed by atoms with E-state index in [0.29, 0.717) is 0 Å². The fraction of sp³-hybridized carbons (Fsp3) is 0.556. The molecule has 18 heavy (non-hydrogen) atoms. The number of ketones is 1. The molecule has 2 heterocycles. The molecular weight excluding hydrogens is 260 g/mol. The van der Waals surface area contributed by atoms with Crippen molar-refractivity contribution in [2.45, 2.75) is 18.1 Å². The second-order valence-electron chi connectivity index (χ2n) is 3.91. The van der Waals surface area contributed by atoms with E-state index < -0.39 is 40.9 Å². The zero-order valence-corrected chi connectivity index (χ0v) is 8.68. The molecule has 3 rings (SSSR count). The second-order valence-corrected chi connectivity index (χ2v) is 3.91. The first kappa shape index (κ1) is 11.6. The van der Waals surface area contributed by atoms with Gasteiger partial charge >= 0.3 is 6.18 Å². The zero-order valence-electron chi connectivity index (χ0n) is 8.68. The standard InChI is InChI=1S/C9H6F4N2O3/c10-6-5(16)4-3(8(6)17-1-2-18-8)7(15-14-4)9(11,12)13/h6H,1-2H2,(H,14,15). The van der Waals surface area contributed by atoms with Crippen LogP contribution in [0.5, 0.6) is 0 Å². The lowest BCUT2D eigenvalue weighted by molar-refractivity contribution is -0.199. The molecule has 1 unspecified atom stereocenters. The molecule has 0 saturated carbocycles. The molecule has 0 radical (unpaired) electrons. The van der Waals surface area contributed by atoms with Crippen LogP contribution in [0, 0.1) is 0 Å². The van der Waals surface area contributed by atoms with Crippen molar-refractivity contribution in [3.05, 3.63) is 17.0 Å². The van der Waals surface area contributed by atoms with E-state index in [0.717, 1.165) is 0 Å². The molecule has 1 aliphatic carbocycles. The molecule has 5 nitrogen and oxygen atoms in total. The molecule has 1 aliphatic heterocycles. The molecule has 1 aromatic rings. The maximum atomic E-state index is 13.9. The fourth-order valence-corrected chi connectivity index (χ4v) is 2.21. The minimum absolute atomic E-state index is 0.0877. The van der Waals surface area contributed by atoms with Crippen molar-refractivity contribution in [2.24, 2.45) is 0 Å². The van der Waals surface area contributed by atoms with Crippen LogP contribution in [-0.4, -0.2) is 35.4 Å². The molecule has 0 bridgehead atoms. The molecule has 1 aromatic heterocycles. The van der Waals surface area contributed by atoms with E-state index in [2.05, 4.69) is 5.10 Å². The molecule has 2 aliphatic rings. The lowest BCUT2D eigenvalue weighted by Gasteiger charge is -2.24. The van der Waals surface area contributed by atoms with Crippen molar-refractivity contribution in [3.8, 4) is 0 Å². The molecule has 1 spiro atoms. The van der Waals surface area contributed by atoms with E-state index in [4.69, 9.17) is 9.47 Å². The second kappa shape index (κ2) is 3.29. The SMILES string of the molecule is O=C1c2[nH]nc(C(F)(F)F)c2C2(OCCO2)C1F. The molecule has 98 valence electrons. The summed E-state index contributed by atoms with van der Waals surface area (Å²) in [5.74, 6) is -3.44. The number of aromatic nitrogens is 2. The van der Waals surface area contributed by atoms with Gasteiger partial charge in [0.1, 0.15) is 5.69 Å². The summed E-state index contributed by atoms with van der Waals surface area (Å²) in [4.78, 5) is 11.5. The number of alkyl halides is 4. The fourth-order valence-electron chi connectivity index (χ4n) is 2.21. The van der Waals surface area contributed by atoms with Gasteiger partial charge in [-0.25, -0.2) is 4.39 Å². The minimum atomic E-state index is -4.82. The Labute approximate surface area is 97.1 Å². The van der Waals surface area contributed by atoms with Crippen molar-refractivity contribution < 1.29 is 31.8 Å². The highest BCUT2D eigenvalue weighted by Crippen LogP contribution is 2.49. The minimum Gasteiger partial charge on any atom is -0.341 e. The van der Waals surface area contributed by atoms with E-state index in [9.17, 15) is 22.4 Å². The Balaban J connectivity index is 2.24. The Morgan fingerprint density at radius 1 is 1.33 bits per heavy atom. The summed E-state index contributed by atoms with van der Waals surface area (Å²) in [6, 6.07) is 0. The summed E-state index contributed by atoms with van der Waals surface area (Å²) >= 11 is 0. The summed E-state index contributed by atoms with van der Waals surface area (Å²) in [5, 5.41) is 4.92. The number of carbonyl (C=O) groups is 1. The normalized spacial score (nSPS) is 26.0. The maximum Gasteiger partial charge on any atom is 0.435 e. The van der Waals surface area contributed by atoms with Crippen molar-refractivity contribution in [1.82, 2.24) is 10.2 Å². The first-order valence-electron chi connectivity index (χ1n) is 5.00. The third kappa shape index (κ3) is 1.23. The Bertz CT molecular complexity index is 518. The Morgan fingerprint density at radius 3 is 2.50 bits per heavy atom. The van der Waals surface area contributed by atoms with Gasteiger partial charge in [0.05, 0.1) is 18.8 Å². The number of aromatic amines is 1. The van der Waals surface area contributed by atoms with Gasteiger partial charge in [-0.15, -0.1) is 0 Å². The predicted octanol–water partition coefficient (Wildman–Crippen LogP) is 1.16. The molecule has 0 aromatic carbocycles. The van der Waals surface area contributed by atoms with Crippen LogP contribution in [0.25, 0.3) is 0 Å². The van der Waals surface area contributed by atoms with Crippen LogP contribution in [0.2, 0.25) is 0 Å². The van der Waals surface area contributed by atoms with Crippen LogP contribution in [0.1, 0.15) is 21.7 Å². The monoisotopic (exact) mass is 266 g/mol. The highest BCUT2D eigenvalue weighted by molar-refractivity contribution is 6.03. The van der Waals surface area contributed by atoms with Crippen molar-refractivity contribution in [2.75, 3.05) is 13.2 Å². The molecule has 1 atom stereocenters. The number of nitrogens with one attached hydrogen (secondary N) is 1. The van der Waals surface area contributed by atoms with Crippen LogP contribution in [0.4, 0.5) is 17.6 Å². The molecule has 1 saturated heterocycles. The average molecular weight is 266 g/mol. The van der Waals surface area contributed by atoms with Crippen molar-refractivity contribution in [1.29, 1.82) is 0 Å². The number of carbonyl (C=O) groups excluding carboxylic acids is 1. The van der Waals surface area contributed by atoms with Crippen molar-refractivity contribution >= 4 is 5.78 Å². The van der Waals surface area contributed by atoms with E-state index in [-0.39, 0.29) is 13.2 Å². The molecule has 9 heteroatoms. The van der Waals surface area contributed by atoms with E-state index >= 15 is 0 Å². The number of halogens is 4. The first-order valence-corrected chi connectivity index (χ1v) is 5.00. The number of hydrogen-bond donors (Lipinski definition) is 1. The van der Waals surface area contributed by atoms with Crippen LogP contribution < -0.4 is 0 Å². The summed E-state index contributed by atoms with van der Waals surface area (Å²) < 4.78 is 61.9. The highest BCUT2D eigenvalue weighted by Gasteiger charge is 2.63. The maximum absolute atomic E-state index is 13.9. The van der Waals surface area contributed by atoms with Gasteiger partial charge in [0.2, 0.25) is 17.7 Å². The van der Waals surface area contributed by atoms with Gasteiger partial charge in [0.25, 0.3) is 0 Å². The number of hydrogen-bond acceptors (Lipinski definition) is 4. The molecular formula is C9H6F4N2O3. The number of Topliss-reactive ketones (excluding diaryl/α,β-unsaturated/α-hetero) is 1. The number of H-pyrrole nitrogens is 1. The Morgan fingerprint density at radius 2 is 1.94 bits per heavy atom. The van der Waals surface area contributed by atoms with Crippen LogP contribution in [0.15, 0.2) is 0 Å². The molecule has 1 N–H and O–H groups in total. The zero-order chi connectivity index (χ0) is 13.1. The summed E-state index contributed by atoms with van der Waals surface area (Å²) in [6.07, 6.45) is -7.14. The molecule has 0 amide bonds. The van der Waals surface area contributed by atoms with Gasteiger partial charge in [0.15, 0.2) is 5.69 Å². The Hall–Kier alpha value is -1.48. The van der Waals surface area contributed by atoms with Gasteiger partial charge in [-0.05, 0) is 0 Å². The van der Waals surface area contributed by atoms with E-state index in [1.165, 1.54) is 0 Å². The lowest BCUT2D eigenvalue weighted by atomic mass is 10.1. The predicted molar refractivity (Wildman–Crippen MR) is 46.4 cm³/mol. The van der Waals surface area contributed by atoms with Crippen LogP contribution in [-0.2, 0) is 21.4 Å². The van der Waals surface area contributed by atoms with Gasteiger partial charge < -0.3 is 9.47 Å². The summed E-state index contributed by atoms with van der Waals surface area (Å²) in [6.45, 7) is -0.175. The number of nitrogens with zero attached hydrogens (tertiary/aromatic N) is 1. The van der Waals surface area contributed by atoms with Gasteiger partial charge in [-0.1, -0.05) is 0 Å². The topological polar surface area (TPSA) is 64.2 Å². The van der Waals surface area contributed by atoms with Gasteiger partial charge in [0, 0.05) is 0 Å². The largest absolute Gasteiger partial charge is 0.435 e. The average Bonchev–Trinajstić information content (AvgIpc) is 2.95. The molecule has 1 fully saturated rings. The van der Waals surface area contributed by atoms with Crippen LogP contribution in [0.3, 0.4) is 0 Å². The van der Waals surface area contributed by atoms with Crippen molar-refractivity contribution in [3.63, 3.8) is 0 Å². The summed E-state index contributed by atoms with van der Waals surface area (Å²) in [5.41, 5.74) is -2.62. The number of ether oxygens (including phenoxy) is 2. The first-order chi connectivity index (χ1) is 8.38. The van der Waals surface area contributed by atoms with E-state index in [1.807, 2.05) is 5.10 Å². The Kier molecular flexibility index (Phi) is 2.12. The third-order valence-electron chi connectivity index (χ3n) is 2.91. The van der Waals surface area contributed by atoms with Gasteiger partial charge in [-0.3, -0.25) is 9.89 Å². The highest BCUT2D eigenvalue weighted by atomic mass is 19.4. The smallest absolute Gasteiger partial charge is 0.341 e. The number of fused-ring (bicyclic) bond motifs is 2.